The Bertz CT molecular complexity index is 889. The Morgan fingerprint density at radius 1 is 0.919 bits per heavy atom. The third-order valence-electron chi connectivity index (χ3n) is 4.87. The Labute approximate surface area is 237 Å². The van der Waals surface area contributed by atoms with Crippen molar-refractivity contribution in [1.29, 1.82) is 0 Å². The van der Waals surface area contributed by atoms with Crippen LogP contribution in [0.15, 0.2) is 0 Å². The van der Waals surface area contributed by atoms with Crippen molar-refractivity contribution < 1.29 is 80.5 Å². The van der Waals surface area contributed by atoms with Crippen LogP contribution < -0.4 is 9.47 Å². The first-order valence-corrected chi connectivity index (χ1v) is 9.19. The molecular weight excluding hydrogens is 578 g/mol. The summed E-state index contributed by atoms with van der Waals surface area (Å²) < 4.78 is 61.1. The van der Waals surface area contributed by atoms with Gasteiger partial charge in [0.1, 0.15) is 0 Å². The van der Waals surface area contributed by atoms with E-state index >= 15 is 0 Å². The standard InChI is InChI=1S/C19H22O4.6CO.2Co/c1-12-13-8-6-10-19(2,3)16(13)18-17(22-11-23-18)14(12)7-5-9-15(20)21-4;6*1-2;;/h6-8,10-11H2,1-4H3;;;;;;;;. The van der Waals surface area contributed by atoms with Crippen molar-refractivity contribution in [2.45, 2.75) is 51.9 Å². The second-order valence-electron chi connectivity index (χ2n) is 6.73. The Balaban J connectivity index is -0.000000152. The molecule has 0 saturated carbocycles. The van der Waals surface area contributed by atoms with Gasteiger partial charge in [-0.15, -0.1) is 0 Å². The Morgan fingerprint density at radius 2 is 1.38 bits per heavy atom. The van der Waals surface area contributed by atoms with Gasteiger partial charge in [0.05, 0.1) is 13.2 Å². The molecule has 4 radical (unpaired) electrons. The topological polar surface area (TPSA) is 164 Å². The van der Waals surface area contributed by atoms with E-state index in [4.69, 9.17) is 37.4 Å². The largest absolute Gasteiger partial charge is 0 e. The van der Waals surface area contributed by atoms with Crippen LogP contribution in [0.4, 0.5) is 0 Å². The van der Waals surface area contributed by atoms with Gasteiger partial charge in [-0.25, -0.2) is 4.79 Å². The molecule has 0 bridgehead atoms. The van der Waals surface area contributed by atoms with Crippen molar-refractivity contribution in [3.63, 3.8) is 0 Å². The molecule has 3 rings (SSSR count). The van der Waals surface area contributed by atoms with Crippen molar-refractivity contribution >= 4 is 5.97 Å². The maximum absolute atomic E-state index is 11.2. The second-order valence-corrected chi connectivity index (χ2v) is 6.73. The van der Waals surface area contributed by atoms with Gasteiger partial charge in [-0.3, -0.25) is 0 Å². The van der Waals surface area contributed by atoms with Crippen LogP contribution in [0.1, 0.15) is 48.9 Å². The van der Waals surface area contributed by atoms with Crippen molar-refractivity contribution in [2.24, 2.45) is 0 Å². The smallest absolute Gasteiger partial charge is 0 e. The van der Waals surface area contributed by atoms with Gasteiger partial charge in [-0.2, -0.15) is 0 Å². The van der Waals surface area contributed by atoms with E-state index in [0.29, 0.717) is 6.42 Å². The summed E-state index contributed by atoms with van der Waals surface area (Å²) in [6.45, 7) is 33.9. The number of fused-ring (bicyclic) bond motifs is 3. The molecule has 1 aliphatic carbocycles. The van der Waals surface area contributed by atoms with Gasteiger partial charge in [0, 0.05) is 51.1 Å². The predicted molar refractivity (Wildman–Crippen MR) is 109 cm³/mol. The first-order chi connectivity index (χ1) is 17.0. The number of rotatable bonds is 3. The van der Waals surface area contributed by atoms with Gasteiger partial charge in [0.25, 0.3) is 0 Å². The number of benzene rings is 1. The molecule has 0 saturated heterocycles. The Morgan fingerprint density at radius 3 is 1.84 bits per heavy atom. The van der Waals surface area contributed by atoms with E-state index in [1.807, 2.05) is 0 Å². The van der Waals surface area contributed by atoms with Crippen LogP contribution in [-0.4, -0.2) is 19.9 Å². The number of hydrogen-bond acceptors (Lipinski definition) is 4. The minimum atomic E-state index is -0.518. The van der Waals surface area contributed by atoms with E-state index < -0.39 is 5.97 Å². The molecule has 2 aliphatic rings. The first-order valence-electron chi connectivity index (χ1n) is 9.19. The molecule has 0 atom stereocenters. The summed E-state index contributed by atoms with van der Waals surface area (Å²) in [5, 5.41) is 0. The minimum absolute atomic E-state index is 0. The summed E-state index contributed by atoms with van der Waals surface area (Å²) >= 11 is 0. The van der Waals surface area contributed by atoms with Crippen LogP contribution in [0.25, 0.3) is 0 Å². The maximum atomic E-state index is 11.2. The van der Waals surface area contributed by atoms with Gasteiger partial charge in [0.15, 0.2) is 11.5 Å². The van der Waals surface area contributed by atoms with Crippen LogP contribution in [0.3, 0.4) is 0 Å². The molecule has 0 unspecified atom stereocenters. The van der Waals surface area contributed by atoms with Crippen LogP contribution in [0.5, 0.6) is 11.5 Å². The van der Waals surface area contributed by atoms with Gasteiger partial charge < -0.3 is 14.2 Å². The number of allylic oxidation sites excluding steroid dienone is 1. The number of hydrogen-bond donors (Lipinski definition) is 0. The van der Waals surface area contributed by atoms with E-state index in [1.54, 1.807) is 0 Å². The average molecular weight is 600 g/mol. The van der Waals surface area contributed by atoms with Gasteiger partial charge in [0.2, 0.25) is 6.79 Å². The molecule has 0 aromatic heterocycles. The summed E-state index contributed by atoms with van der Waals surface area (Å²) in [4.78, 5) is 11.2. The van der Waals surface area contributed by atoms with Crippen molar-refractivity contribution in [2.75, 3.05) is 13.9 Å². The third kappa shape index (κ3) is 14.1. The van der Waals surface area contributed by atoms with Crippen LogP contribution in [0, 0.1) is 59.0 Å². The van der Waals surface area contributed by atoms with E-state index in [0.717, 1.165) is 29.9 Å². The summed E-state index contributed by atoms with van der Waals surface area (Å²) in [5.74, 6) is 1.16. The fourth-order valence-electron chi connectivity index (χ4n) is 3.69. The monoisotopic (exact) mass is 600 g/mol. The Kier molecular flexibility index (Phi) is 38.3. The van der Waals surface area contributed by atoms with Crippen LogP contribution >= 0.6 is 0 Å². The molecule has 1 aromatic rings. The van der Waals surface area contributed by atoms with E-state index in [1.165, 1.54) is 30.2 Å². The predicted octanol–water partition coefficient (Wildman–Crippen LogP) is 2.99. The molecule has 1 aliphatic heterocycles. The van der Waals surface area contributed by atoms with E-state index in [-0.39, 0.29) is 45.8 Å². The van der Waals surface area contributed by atoms with Crippen LogP contribution in [-0.2, 0) is 89.3 Å². The zero-order chi connectivity index (χ0) is 28.6. The fourth-order valence-corrected chi connectivity index (χ4v) is 3.69. The van der Waals surface area contributed by atoms with E-state index in [9.17, 15) is 4.79 Å². The molecule has 0 fully saturated rings. The molecule has 37 heavy (non-hydrogen) atoms. The van der Waals surface area contributed by atoms with Crippen molar-refractivity contribution in [3.8, 4) is 11.5 Å². The molecular formula is C25H22Co2O10. The second kappa shape index (κ2) is 29.7. The zero-order valence-corrected chi connectivity index (χ0v) is 22.4. The molecule has 1 aromatic carbocycles. The molecule has 0 spiro atoms. The number of ether oxygens (including phenoxy) is 3. The number of esters is 1. The minimum Gasteiger partial charge on any atom is 0 e. The number of methoxy groups -OCH3 is 1. The first kappa shape index (κ1) is 47.7. The van der Waals surface area contributed by atoms with E-state index in [2.05, 4.69) is 77.6 Å². The summed E-state index contributed by atoms with van der Waals surface area (Å²) in [7, 11) is 1.33. The molecule has 10 nitrogen and oxygen atoms in total. The van der Waals surface area contributed by atoms with Gasteiger partial charge in [-0.05, 0) is 48.8 Å². The summed E-state index contributed by atoms with van der Waals surface area (Å²) in [5.41, 5.74) is 4.99. The molecule has 200 valence electrons. The third-order valence-corrected chi connectivity index (χ3v) is 4.87. The molecule has 0 amide bonds. The SMILES string of the molecule is COC(=O)[C]=[C]Cc1c(C)c2c(c3c1OCO3)C(C)(C)CCC2.[C-]#[O+].[C-]#[O+].[C-]#[O+].[C-]#[O+].[C-]#[O+].[C-]#[O+].[Co].[Co]. The number of carbonyl (C=O) groups excluding carboxylic acids is 1. The summed E-state index contributed by atoms with van der Waals surface area (Å²) in [6, 6.07) is 0. The molecule has 12 heteroatoms. The number of carbonyl (C=O) groups is 1. The van der Waals surface area contributed by atoms with Crippen molar-refractivity contribution in [3.05, 3.63) is 74.3 Å². The van der Waals surface area contributed by atoms with Gasteiger partial charge in [-0.1, -0.05) is 13.8 Å². The fraction of sp³-hybridized carbons (Fsp3) is 0.400. The maximum Gasteiger partial charge on any atom is 0 e. The average Bonchev–Trinajstić information content (AvgIpc) is 3.41. The van der Waals surface area contributed by atoms with Crippen molar-refractivity contribution in [1.82, 2.24) is 0 Å². The summed E-state index contributed by atoms with van der Waals surface area (Å²) in [6.07, 6.45) is 9.22. The molecule has 1 heterocycles. The quantitative estimate of drug-likeness (QED) is 0.226. The van der Waals surface area contributed by atoms with Crippen LogP contribution in [0.2, 0.25) is 0 Å². The zero-order valence-electron chi connectivity index (χ0n) is 20.3. The Hall–Kier alpha value is -2.52. The normalized spacial score (nSPS) is 11.6. The van der Waals surface area contributed by atoms with Gasteiger partial charge >= 0.3 is 73.8 Å². The molecule has 0 N–H and O–H groups in total.